The van der Waals surface area contributed by atoms with E-state index in [1.807, 2.05) is 0 Å². The number of hydrazine groups is 1. The summed E-state index contributed by atoms with van der Waals surface area (Å²) in [6.45, 7) is 0. The second-order valence-electron chi connectivity index (χ2n) is 2.62. The molecule has 0 atom stereocenters. The lowest BCUT2D eigenvalue weighted by atomic mass is 9.79. The summed E-state index contributed by atoms with van der Waals surface area (Å²) in [6, 6.07) is 6.43. The molecule has 1 aromatic carbocycles. The normalized spacial score (nSPS) is 11.2. The number of hydrazone groups is 1. The van der Waals surface area contributed by atoms with Gasteiger partial charge in [0.25, 0.3) is 0 Å². The SMILES string of the molecule is N/N=C(\NN)c1cccc(B(O)O)c1. The highest BCUT2D eigenvalue weighted by molar-refractivity contribution is 6.58. The van der Waals surface area contributed by atoms with E-state index in [0.29, 0.717) is 11.0 Å². The van der Waals surface area contributed by atoms with E-state index in [4.69, 9.17) is 21.7 Å². The summed E-state index contributed by atoms with van der Waals surface area (Å²) in [6.07, 6.45) is 0. The van der Waals surface area contributed by atoms with E-state index in [0.717, 1.165) is 0 Å². The predicted octanol–water partition coefficient (Wildman–Crippen LogP) is -2.55. The van der Waals surface area contributed by atoms with Gasteiger partial charge in [0.05, 0.1) is 0 Å². The van der Waals surface area contributed by atoms with Crippen molar-refractivity contribution in [3.8, 4) is 0 Å². The van der Waals surface area contributed by atoms with Crippen molar-refractivity contribution < 1.29 is 10.0 Å². The van der Waals surface area contributed by atoms with Crippen LogP contribution in [0.15, 0.2) is 29.4 Å². The van der Waals surface area contributed by atoms with E-state index < -0.39 is 7.12 Å². The number of hydrogen-bond donors (Lipinski definition) is 5. The summed E-state index contributed by atoms with van der Waals surface area (Å²) in [5, 5.41) is 21.2. The lowest BCUT2D eigenvalue weighted by Crippen LogP contribution is -2.35. The van der Waals surface area contributed by atoms with Crippen molar-refractivity contribution in [2.45, 2.75) is 0 Å². The highest BCUT2D eigenvalue weighted by atomic mass is 16.4. The summed E-state index contributed by atoms with van der Waals surface area (Å²) >= 11 is 0. The molecule has 0 heterocycles. The van der Waals surface area contributed by atoms with Crippen LogP contribution in [-0.2, 0) is 0 Å². The average Bonchev–Trinajstić information content (AvgIpc) is 2.20. The van der Waals surface area contributed by atoms with Crippen molar-refractivity contribution in [2.24, 2.45) is 16.8 Å². The van der Waals surface area contributed by atoms with Crippen LogP contribution in [0.1, 0.15) is 5.56 Å². The predicted molar refractivity (Wildman–Crippen MR) is 54.3 cm³/mol. The lowest BCUT2D eigenvalue weighted by Gasteiger charge is -2.05. The number of nitrogens with zero attached hydrogens (tertiary/aromatic N) is 1. The van der Waals surface area contributed by atoms with Gasteiger partial charge < -0.3 is 21.3 Å². The Bertz CT molecular complexity index is 342. The number of rotatable bonds is 2. The molecule has 1 rings (SSSR count). The molecule has 0 amide bonds. The van der Waals surface area contributed by atoms with Crippen molar-refractivity contribution in [3.63, 3.8) is 0 Å². The summed E-state index contributed by atoms with van der Waals surface area (Å²) in [7, 11) is -1.52. The first kappa shape index (κ1) is 10.5. The lowest BCUT2D eigenvalue weighted by molar-refractivity contribution is 0.426. The second-order valence-corrected chi connectivity index (χ2v) is 2.62. The Morgan fingerprint density at radius 1 is 1.43 bits per heavy atom. The molecule has 7 N–H and O–H groups in total. The molecule has 0 aliphatic rings. The first-order valence-corrected chi connectivity index (χ1v) is 3.90. The average molecular weight is 194 g/mol. The zero-order chi connectivity index (χ0) is 10.6. The van der Waals surface area contributed by atoms with Gasteiger partial charge in [-0.25, -0.2) is 5.84 Å². The number of amidine groups is 1. The molecule has 1 aromatic rings. The van der Waals surface area contributed by atoms with Crippen molar-refractivity contribution >= 4 is 18.4 Å². The summed E-state index contributed by atoms with van der Waals surface area (Å²) in [5.74, 6) is 10.5. The topological polar surface area (TPSA) is 117 Å². The molecule has 0 fully saturated rings. The third-order valence-electron chi connectivity index (χ3n) is 1.72. The van der Waals surface area contributed by atoms with Crippen LogP contribution in [0.5, 0.6) is 0 Å². The number of nitrogens with two attached hydrogens (primary N) is 2. The Hall–Kier alpha value is -1.57. The first-order valence-electron chi connectivity index (χ1n) is 3.90. The highest BCUT2D eigenvalue weighted by Crippen LogP contribution is 1.96. The van der Waals surface area contributed by atoms with Crippen molar-refractivity contribution in [1.82, 2.24) is 5.43 Å². The molecule has 0 radical (unpaired) electrons. The molecule has 7 heteroatoms. The molecule has 0 spiro atoms. The second kappa shape index (κ2) is 4.61. The summed E-state index contributed by atoms with van der Waals surface area (Å²) < 4.78 is 0. The molecule has 0 aromatic heterocycles. The van der Waals surface area contributed by atoms with Gasteiger partial charge in [0, 0.05) is 5.56 Å². The maximum atomic E-state index is 8.91. The maximum Gasteiger partial charge on any atom is 0.488 e. The minimum Gasteiger partial charge on any atom is -0.423 e. The largest absolute Gasteiger partial charge is 0.488 e. The molecule has 6 nitrogen and oxygen atoms in total. The van der Waals surface area contributed by atoms with E-state index >= 15 is 0 Å². The van der Waals surface area contributed by atoms with Gasteiger partial charge in [-0.3, -0.25) is 0 Å². The van der Waals surface area contributed by atoms with E-state index in [2.05, 4.69) is 10.5 Å². The van der Waals surface area contributed by atoms with Gasteiger partial charge in [-0.1, -0.05) is 24.3 Å². The monoisotopic (exact) mass is 194 g/mol. The fourth-order valence-electron chi connectivity index (χ4n) is 1.04. The van der Waals surface area contributed by atoms with Crippen LogP contribution in [0.2, 0.25) is 0 Å². The quantitative estimate of drug-likeness (QED) is 0.117. The highest BCUT2D eigenvalue weighted by Gasteiger charge is 2.12. The van der Waals surface area contributed by atoms with Gasteiger partial charge in [-0.15, -0.1) is 0 Å². The van der Waals surface area contributed by atoms with E-state index in [9.17, 15) is 0 Å². The van der Waals surface area contributed by atoms with E-state index in [1.54, 1.807) is 18.2 Å². The molecular formula is C7H11BN4O2. The molecule has 0 bridgehead atoms. The standard InChI is InChI=1S/C7H11BN4O2/c9-11-7(12-10)5-2-1-3-6(4-5)8(13)14/h1-4,13-14H,9-10H2,(H,11,12). The van der Waals surface area contributed by atoms with Gasteiger partial charge in [0.15, 0.2) is 5.84 Å². The molecular weight excluding hydrogens is 183 g/mol. The Labute approximate surface area is 81.3 Å². The van der Waals surface area contributed by atoms with Crippen LogP contribution < -0.4 is 22.6 Å². The first-order chi connectivity index (χ1) is 6.69. The molecule has 0 saturated carbocycles. The number of hydrogen-bond acceptors (Lipinski definition) is 5. The minimum atomic E-state index is -1.52. The Balaban J connectivity index is 3.05. The van der Waals surface area contributed by atoms with Crippen LogP contribution in [0, 0.1) is 0 Å². The Kier molecular flexibility index (Phi) is 3.46. The van der Waals surface area contributed by atoms with Gasteiger partial charge in [-0.05, 0) is 5.46 Å². The smallest absolute Gasteiger partial charge is 0.423 e. The molecule has 14 heavy (non-hydrogen) atoms. The minimum absolute atomic E-state index is 0.271. The summed E-state index contributed by atoms with van der Waals surface area (Å²) in [5.41, 5.74) is 3.23. The maximum absolute atomic E-state index is 8.91. The Morgan fingerprint density at radius 3 is 2.64 bits per heavy atom. The fraction of sp³-hybridized carbons (Fsp3) is 0. The zero-order valence-electron chi connectivity index (χ0n) is 7.38. The molecule has 0 saturated heterocycles. The molecule has 74 valence electrons. The Morgan fingerprint density at radius 2 is 2.14 bits per heavy atom. The van der Waals surface area contributed by atoms with Crippen molar-refractivity contribution in [1.29, 1.82) is 0 Å². The number of benzene rings is 1. The van der Waals surface area contributed by atoms with Crippen molar-refractivity contribution in [2.75, 3.05) is 0 Å². The van der Waals surface area contributed by atoms with Crippen LogP contribution in [-0.4, -0.2) is 23.0 Å². The van der Waals surface area contributed by atoms with Gasteiger partial charge >= 0.3 is 7.12 Å². The van der Waals surface area contributed by atoms with Crippen molar-refractivity contribution in [3.05, 3.63) is 29.8 Å². The van der Waals surface area contributed by atoms with Gasteiger partial charge in [0.1, 0.15) is 0 Å². The molecule has 0 aliphatic carbocycles. The third kappa shape index (κ3) is 2.22. The number of nitrogens with one attached hydrogen (secondary N) is 1. The van der Waals surface area contributed by atoms with E-state index in [-0.39, 0.29) is 5.84 Å². The van der Waals surface area contributed by atoms with Crippen LogP contribution >= 0.6 is 0 Å². The zero-order valence-corrected chi connectivity index (χ0v) is 7.38. The fourth-order valence-corrected chi connectivity index (χ4v) is 1.04. The molecule has 0 unspecified atom stereocenters. The van der Waals surface area contributed by atoms with Crippen LogP contribution in [0.3, 0.4) is 0 Å². The van der Waals surface area contributed by atoms with Gasteiger partial charge in [-0.2, -0.15) is 5.10 Å². The third-order valence-corrected chi connectivity index (χ3v) is 1.72. The van der Waals surface area contributed by atoms with Gasteiger partial charge in [0.2, 0.25) is 0 Å². The van der Waals surface area contributed by atoms with Crippen LogP contribution in [0.4, 0.5) is 0 Å². The summed E-state index contributed by atoms with van der Waals surface area (Å²) in [4.78, 5) is 0. The van der Waals surface area contributed by atoms with Crippen LogP contribution in [0.25, 0.3) is 0 Å². The molecule has 0 aliphatic heterocycles. The van der Waals surface area contributed by atoms with E-state index in [1.165, 1.54) is 6.07 Å².